The molecule has 13 heavy (non-hydrogen) atoms. The van der Waals surface area contributed by atoms with Gasteiger partial charge in [0.1, 0.15) is 11.5 Å². The lowest BCUT2D eigenvalue weighted by molar-refractivity contribution is 0.576. The fraction of sp³-hybridized carbons (Fsp3) is 0.143. The maximum absolute atomic E-state index is 12.3. The fourth-order valence-corrected chi connectivity index (χ4v) is 0.554. The Balaban J connectivity index is 4.87. The molecule has 0 aliphatic heterocycles. The van der Waals surface area contributed by atoms with Crippen molar-refractivity contribution in [2.75, 3.05) is 0 Å². The summed E-state index contributed by atoms with van der Waals surface area (Å²) < 4.78 is 12.3. The van der Waals surface area contributed by atoms with E-state index in [0.29, 0.717) is 0 Å². The molecule has 0 aromatic rings. The third-order valence-corrected chi connectivity index (χ3v) is 1.06. The maximum atomic E-state index is 12.3. The van der Waals surface area contributed by atoms with Crippen molar-refractivity contribution in [2.45, 2.75) is 6.92 Å². The Morgan fingerprint density at radius 2 is 2.15 bits per heavy atom. The van der Waals surface area contributed by atoms with E-state index in [2.05, 4.69) is 16.9 Å². The number of halogens is 1. The van der Waals surface area contributed by atoms with E-state index in [4.69, 9.17) is 16.9 Å². The van der Waals surface area contributed by atoms with Crippen LogP contribution in [0.3, 0.4) is 0 Å². The number of nitrogens with two attached hydrogens (primary N) is 2. The summed E-state index contributed by atoms with van der Waals surface area (Å²) in [7, 11) is 0. The predicted octanol–water partition coefficient (Wildman–Crippen LogP) is 0.171. The maximum Gasteiger partial charge on any atom is 0.185 e. The van der Waals surface area contributed by atoms with E-state index in [0.717, 1.165) is 0 Å². The first-order valence-corrected chi connectivity index (χ1v) is 3.43. The van der Waals surface area contributed by atoms with Crippen LogP contribution < -0.4 is 16.8 Å². The van der Waals surface area contributed by atoms with E-state index in [1.54, 1.807) is 6.92 Å². The van der Waals surface area contributed by atoms with Crippen molar-refractivity contribution >= 4 is 12.1 Å². The Labute approximate surface area is 75.5 Å². The third-order valence-electron chi connectivity index (χ3n) is 1.06. The molecule has 0 aliphatic rings. The molecule has 0 saturated heterocycles. The van der Waals surface area contributed by atoms with Crippen LogP contribution in [0.25, 0.3) is 0 Å². The van der Waals surface area contributed by atoms with Crippen LogP contribution >= 0.6 is 0 Å². The molecule has 0 unspecified atom stereocenters. The van der Waals surface area contributed by atoms with Gasteiger partial charge in [0.05, 0.1) is 0 Å². The van der Waals surface area contributed by atoms with Gasteiger partial charge in [0, 0.05) is 6.21 Å². The molecule has 0 amide bonds. The van der Waals surface area contributed by atoms with E-state index in [1.807, 2.05) is 0 Å². The molecule has 0 bridgehead atoms. The quantitative estimate of drug-likeness (QED) is 0.285. The summed E-state index contributed by atoms with van der Waals surface area (Å²) >= 11 is 0. The standard InChI is InChI=1S/C7H12FN5/c1-3-12-7(13-4(2)8)5(9)6(10)11/h3,13H,2,9H2,1H3,(H3,10,11)/b7-5-,12-3-. The van der Waals surface area contributed by atoms with E-state index >= 15 is 0 Å². The summed E-state index contributed by atoms with van der Waals surface area (Å²) in [5, 5.41) is 9.12. The van der Waals surface area contributed by atoms with Gasteiger partial charge in [-0.1, -0.05) is 0 Å². The van der Waals surface area contributed by atoms with Crippen LogP contribution in [0.2, 0.25) is 0 Å². The summed E-state index contributed by atoms with van der Waals surface area (Å²) in [6.07, 6.45) is 1.39. The van der Waals surface area contributed by atoms with Crippen LogP contribution in [-0.4, -0.2) is 12.1 Å². The van der Waals surface area contributed by atoms with E-state index in [9.17, 15) is 4.39 Å². The molecule has 72 valence electrons. The van der Waals surface area contributed by atoms with Crippen molar-refractivity contribution in [3.63, 3.8) is 0 Å². The monoisotopic (exact) mass is 185 g/mol. The lowest BCUT2D eigenvalue weighted by Crippen LogP contribution is -2.25. The van der Waals surface area contributed by atoms with Gasteiger partial charge >= 0.3 is 0 Å². The van der Waals surface area contributed by atoms with Crippen molar-refractivity contribution in [2.24, 2.45) is 16.5 Å². The van der Waals surface area contributed by atoms with Gasteiger partial charge in [-0.05, 0) is 13.5 Å². The van der Waals surface area contributed by atoms with Gasteiger partial charge < -0.3 is 16.8 Å². The summed E-state index contributed by atoms with van der Waals surface area (Å²) in [6.45, 7) is 4.59. The Morgan fingerprint density at radius 3 is 2.46 bits per heavy atom. The lowest BCUT2D eigenvalue weighted by atomic mass is 10.4. The molecule has 0 fully saturated rings. The van der Waals surface area contributed by atoms with Crippen molar-refractivity contribution in [1.82, 2.24) is 5.32 Å². The highest BCUT2D eigenvalue weighted by molar-refractivity contribution is 5.94. The zero-order valence-corrected chi connectivity index (χ0v) is 7.26. The first kappa shape index (κ1) is 11.2. The Kier molecular flexibility index (Phi) is 4.21. The van der Waals surface area contributed by atoms with Crippen molar-refractivity contribution in [3.05, 3.63) is 24.0 Å². The molecular formula is C7H12FN5. The zero-order valence-electron chi connectivity index (χ0n) is 7.26. The number of amidine groups is 1. The molecule has 0 atom stereocenters. The van der Waals surface area contributed by atoms with Gasteiger partial charge in [0.15, 0.2) is 11.8 Å². The molecule has 0 radical (unpaired) electrons. The smallest absolute Gasteiger partial charge is 0.185 e. The van der Waals surface area contributed by atoms with E-state index in [1.165, 1.54) is 6.21 Å². The molecular weight excluding hydrogens is 173 g/mol. The van der Waals surface area contributed by atoms with Gasteiger partial charge in [-0.2, -0.15) is 4.39 Å². The summed E-state index contributed by atoms with van der Waals surface area (Å²) in [5.41, 5.74) is 10.3. The molecule has 0 aliphatic carbocycles. The Bertz CT molecular complexity index is 279. The second-order valence-corrected chi connectivity index (χ2v) is 2.09. The minimum absolute atomic E-state index is 0.0255. The average Bonchev–Trinajstić information content (AvgIpc) is 2.01. The van der Waals surface area contributed by atoms with Crippen molar-refractivity contribution in [3.8, 4) is 0 Å². The zero-order chi connectivity index (χ0) is 10.4. The van der Waals surface area contributed by atoms with Crippen LogP contribution in [0.15, 0.2) is 29.0 Å². The van der Waals surface area contributed by atoms with Crippen LogP contribution in [0.5, 0.6) is 0 Å². The number of aliphatic imine (C=N–C) groups is 1. The van der Waals surface area contributed by atoms with E-state index in [-0.39, 0.29) is 17.4 Å². The highest BCUT2D eigenvalue weighted by atomic mass is 19.1. The predicted molar refractivity (Wildman–Crippen MR) is 50.7 cm³/mol. The van der Waals surface area contributed by atoms with Crippen LogP contribution in [0.4, 0.5) is 4.39 Å². The largest absolute Gasteiger partial charge is 0.393 e. The molecule has 6 heteroatoms. The normalized spacial score (nSPS) is 12.5. The SMILES string of the molecule is C=C(F)NC(/N=C\C)=C(\N)C(=N)N. The van der Waals surface area contributed by atoms with Crippen molar-refractivity contribution in [1.29, 1.82) is 5.41 Å². The summed E-state index contributed by atoms with van der Waals surface area (Å²) in [5.74, 6) is -1.22. The van der Waals surface area contributed by atoms with Crippen LogP contribution in [-0.2, 0) is 0 Å². The van der Waals surface area contributed by atoms with Gasteiger partial charge in [0.25, 0.3) is 0 Å². The second-order valence-electron chi connectivity index (χ2n) is 2.09. The number of hydrogen-bond donors (Lipinski definition) is 4. The number of nitrogens with one attached hydrogen (secondary N) is 2. The topological polar surface area (TPSA) is 100 Å². The second kappa shape index (κ2) is 4.91. The van der Waals surface area contributed by atoms with Crippen LogP contribution in [0.1, 0.15) is 6.92 Å². The van der Waals surface area contributed by atoms with Gasteiger partial charge in [0.2, 0.25) is 0 Å². The van der Waals surface area contributed by atoms with Gasteiger partial charge in [-0.3, -0.25) is 5.41 Å². The molecule has 0 heterocycles. The molecule has 0 rings (SSSR count). The molecule has 0 aromatic carbocycles. The Hall–Kier alpha value is -1.85. The molecule has 0 saturated carbocycles. The minimum atomic E-state index is -0.815. The molecule has 6 N–H and O–H groups in total. The van der Waals surface area contributed by atoms with E-state index < -0.39 is 5.95 Å². The van der Waals surface area contributed by atoms with Gasteiger partial charge in [-0.25, -0.2) is 4.99 Å². The highest BCUT2D eigenvalue weighted by Gasteiger charge is 2.04. The highest BCUT2D eigenvalue weighted by Crippen LogP contribution is 2.00. The first-order chi connectivity index (χ1) is 5.99. The number of hydrogen-bond acceptors (Lipinski definition) is 4. The third kappa shape index (κ3) is 3.90. The summed E-state index contributed by atoms with van der Waals surface area (Å²) in [4.78, 5) is 3.68. The van der Waals surface area contributed by atoms with Crippen molar-refractivity contribution < 1.29 is 4.39 Å². The summed E-state index contributed by atoms with van der Waals surface area (Å²) in [6, 6.07) is 0. The number of nitrogens with zero attached hydrogens (tertiary/aromatic N) is 1. The van der Waals surface area contributed by atoms with Gasteiger partial charge in [-0.15, -0.1) is 0 Å². The minimum Gasteiger partial charge on any atom is -0.393 e. The Morgan fingerprint density at radius 1 is 1.62 bits per heavy atom. The lowest BCUT2D eigenvalue weighted by Gasteiger charge is -2.06. The average molecular weight is 185 g/mol. The van der Waals surface area contributed by atoms with Crippen LogP contribution in [0, 0.1) is 5.41 Å². The molecule has 0 aromatic heterocycles. The number of rotatable bonds is 4. The fourth-order valence-electron chi connectivity index (χ4n) is 0.554. The molecule has 0 spiro atoms. The molecule has 5 nitrogen and oxygen atoms in total. The first-order valence-electron chi connectivity index (χ1n) is 3.43.